The zero-order valence-corrected chi connectivity index (χ0v) is 11.1. The van der Waals surface area contributed by atoms with E-state index in [1.807, 2.05) is 23.1 Å². The van der Waals surface area contributed by atoms with Gasteiger partial charge in [-0.25, -0.2) is 0 Å². The third kappa shape index (κ3) is 2.83. The smallest absolute Gasteiger partial charge is 0.222 e. The van der Waals surface area contributed by atoms with Crippen molar-refractivity contribution in [2.45, 2.75) is 25.7 Å². The summed E-state index contributed by atoms with van der Waals surface area (Å²) in [6, 6.07) is 5.95. The van der Waals surface area contributed by atoms with Gasteiger partial charge in [-0.3, -0.25) is 4.79 Å². The van der Waals surface area contributed by atoms with Crippen molar-refractivity contribution in [2.24, 2.45) is 0 Å². The number of fused-ring (bicyclic) bond motifs is 1. The number of rotatable bonds is 3. The highest BCUT2D eigenvalue weighted by molar-refractivity contribution is 5.76. The standard InChI is InChI=1S/C15H19NO3/c17-15(16-7-1-2-8-16)6-4-12-3-5-13-14(11-12)19-10-9-18-13/h3,5,11H,1-2,4,6-10H2. The zero-order valence-electron chi connectivity index (χ0n) is 11.1. The highest BCUT2D eigenvalue weighted by Gasteiger charge is 2.18. The fraction of sp³-hybridized carbons (Fsp3) is 0.533. The first kappa shape index (κ1) is 12.3. The molecule has 0 bridgehead atoms. The Labute approximate surface area is 113 Å². The molecule has 0 aromatic heterocycles. The molecule has 2 aliphatic rings. The van der Waals surface area contributed by atoms with Gasteiger partial charge in [0.2, 0.25) is 5.91 Å². The van der Waals surface area contributed by atoms with Gasteiger partial charge < -0.3 is 14.4 Å². The Morgan fingerprint density at radius 3 is 2.63 bits per heavy atom. The van der Waals surface area contributed by atoms with Crippen LogP contribution < -0.4 is 9.47 Å². The first-order valence-corrected chi connectivity index (χ1v) is 6.99. The van der Waals surface area contributed by atoms with Crippen LogP contribution in [0.2, 0.25) is 0 Å². The van der Waals surface area contributed by atoms with Gasteiger partial charge in [-0.05, 0) is 37.0 Å². The van der Waals surface area contributed by atoms with Gasteiger partial charge in [0, 0.05) is 19.5 Å². The Morgan fingerprint density at radius 2 is 1.84 bits per heavy atom. The molecule has 2 aliphatic heterocycles. The minimum absolute atomic E-state index is 0.271. The second-order valence-electron chi connectivity index (χ2n) is 5.07. The van der Waals surface area contributed by atoms with Crippen molar-refractivity contribution in [2.75, 3.05) is 26.3 Å². The van der Waals surface area contributed by atoms with Crippen molar-refractivity contribution in [3.63, 3.8) is 0 Å². The fourth-order valence-corrected chi connectivity index (χ4v) is 2.62. The Kier molecular flexibility index (Phi) is 3.58. The molecule has 2 heterocycles. The van der Waals surface area contributed by atoms with E-state index in [0.717, 1.165) is 49.4 Å². The molecule has 102 valence electrons. The predicted molar refractivity (Wildman–Crippen MR) is 71.6 cm³/mol. The summed E-state index contributed by atoms with van der Waals surface area (Å²) in [5.74, 6) is 1.88. The summed E-state index contributed by atoms with van der Waals surface area (Å²) in [5.41, 5.74) is 1.14. The summed E-state index contributed by atoms with van der Waals surface area (Å²) in [4.78, 5) is 13.9. The maximum absolute atomic E-state index is 12.0. The number of ether oxygens (including phenoxy) is 2. The average molecular weight is 261 g/mol. The normalized spacial score (nSPS) is 17.6. The van der Waals surface area contributed by atoms with E-state index in [-0.39, 0.29) is 5.91 Å². The van der Waals surface area contributed by atoms with Crippen LogP contribution in [0.1, 0.15) is 24.8 Å². The van der Waals surface area contributed by atoms with E-state index in [1.54, 1.807) is 0 Å². The number of carbonyl (C=O) groups is 1. The van der Waals surface area contributed by atoms with Crippen molar-refractivity contribution in [1.82, 2.24) is 4.90 Å². The first-order valence-electron chi connectivity index (χ1n) is 6.99. The Bertz CT molecular complexity index is 466. The second-order valence-corrected chi connectivity index (χ2v) is 5.07. The lowest BCUT2D eigenvalue weighted by Gasteiger charge is -2.19. The van der Waals surface area contributed by atoms with Crippen LogP contribution in [0.5, 0.6) is 11.5 Å². The first-order chi connectivity index (χ1) is 9.33. The molecular weight excluding hydrogens is 242 g/mol. The predicted octanol–water partition coefficient (Wildman–Crippen LogP) is 2.01. The molecule has 4 heteroatoms. The number of nitrogens with zero attached hydrogens (tertiary/aromatic N) is 1. The Morgan fingerprint density at radius 1 is 1.11 bits per heavy atom. The molecule has 0 aliphatic carbocycles. The van der Waals surface area contributed by atoms with Crippen LogP contribution in [0.25, 0.3) is 0 Å². The summed E-state index contributed by atoms with van der Waals surface area (Å²) in [6.45, 7) is 3.07. The van der Waals surface area contributed by atoms with Gasteiger partial charge in [0.15, 0.2) is 11.5 Å². The van der Waals surface area contributed by atoms with E-state index in [4.69, 9.17) is 9.47 Å². The SMILES string of the molecule is O=C(CCc1ccc2c(c1)OCCO2)N1CCCC1. The van der Waals surface area contributed by atoms with E-state index in [9.17, 15) is 4.79 Å². The van der Waals surface area contributed by atoms with Gasteiger partial charge in [-0.2, -0.15) is 0 Å². The lowest BCUT2D eigenvalue weighted by Crippen LogP contribution is -2.27. The van der Waals surface area contributed by atoms with Crippen LogP contribution in [-0.2, 0) is 11.2 Å². The Hall–Kier alpha value is -1.71. The fourth-order valence-electron chi connectivity index (χ4n) is 2.62. The molecule has 1 amide bonds. The molecule has 19 heavy (non-hydrogen) atoms. The molecule has 3 rings (SSSR count). The van der Waals surface area contributed by atoms with Gasteiger partial charge in [0.1, 0.15) is 13.2 Å². The molecule has 0 spiro atoms. The minimum Gasteiger partial charge on any atom is -0.486 e. The summed E-state index contributed by atoms with van der Waals surface area (Å²) in [5, 5.41) is 0. The molecule has 1 aromatic carbocycles. The monoisotopic (exact) mass is 261 g/mol. The van der Waals surface area contributed by atoms with Crippen LogP contribution in [0.15, 0.2) is 18.2 Å². The Balaban J connectivity index is 1.59. The third-order valence-corrected chi connectivity index (χ3v) is 3.69. The molecule has 0 N–H and O–H groups in total. The molecule has 0 saturated carbocycles. The van der Waals surface area contributed by atoms with E-state index in [1.165, 1.54) is 0 Å². The number of amides is 1. The molecule has 1 saturated heterocycles. The number of likely N-dealkylation sites (tertiary alicyclic amines) is 1. The van der Waals surface area contributed by atoms with Crippen molar-refractivity contribution < 1.29 is 14.3 Å². The molecule has 1 aromatic rings. The maximum atomic E-state index is 12.0. The minimum atomic E-state index is 0.271. The van der Waals surface area contributed by atoms with Crippen molar-refractivity contribution >= 4 is 5.91 Å². The van der Waals surface area contributed by atoms with Crippen LogP contribution in [-0.4, -0.2) is 37.1 Å². The van der Waals surface area contributed by atoms with E-state index >= 15 is 0 Å². The average Bonchev–Trinajstić information content (AvgIpc) is 2.99. The summed E-state index contributed by atoms with van der Waals surface area (Å²) < 4.78 is 11.0. The molecule has 0 unspecified atom stereocenters. The number of carbonyl (C=O) groups excluding carboxylic acids is 1. The largest absolute Gasteiger partial charge is 0.486 e. The number of hydrogen-bond acceptors (Lipinski definition) is 3. The summed E-state index contributed by atoms with van der Waals surface area (Å²) in [6.07, 6.45) is 3.65. The van der Waals surface area contributed by atoms with Crippen LogP contribution in [0.3, 0.4) is 0 Å². The van der Waals surface area contributed by atoms with E-state index < -0.39 is 0 Å². The van der Waals surface area contributed by atoms with E-state index in [0.29, 0.717) is 19.6 Å². The lowest BCUT2D eigenvalue weighted by molar-refractivity contribution is -0.130. The highest BCUT2D eigenvalue weighted by atomic mass is 16.6. The lowest BCUT2D eigenvalue weighted by atomic mass is 10.1. The highest BCUT2D eigenvalue weighted by Crippen LogP contribution is 2.31. The second kappa shape index (κ2) is 5.51. The quantitative estimate of drug-likeness (QED) is 0.835. The number of hydrogen-bond donors (Lipinski definition) is 0. The van der Waals surface area contributed by atoms with Gasteiger partial charge in [-0.1, -0.05) is 6.07 Å². The number of benzene rings is 1. The number of aryl methyl sites for hydroxylation is 1. The van der Waals surface area contributed by atoms with E-state index in [2.05, 4.69) is 0 Å². The topological polar surface area (TPSA) is 38.8 Å². The van der Waals surface area contributed by atoms with Crippen molar-refractivity contribution in [3.05, 3.63) is 23.8 Å². The van der Waals surface area contributed by atoms with Crippen molar-refractivity contribution in [3.8, 4) is 11.5 Å². The molecular formula is C15H19NO3. The molecule has 4 nitrogen and oxygen atoms in total. The van der Waals surface area contributed by atoms with Gasteiger partial charge in [-0.15, -0.1) is 0 Å². The van der Waals surface area contributed by atoms with Crippen LogP contribution in [0, 0.1) is 0 Å². The zero-order chi connectivity index (χ0) is 13.1. The van der Waals surface area contributed by atoms with Crippen LogP contribution >= 0.6 is 0 Å². The summed E-state index contributed by atoms with van der Waals surface area (Å²) in [7, 11) is 0. The summed E-state index contributed by atoms with van der Waals surface area (Å²) >= 11 is 0. The van der Waals surface area contributed by atoms with Gasteiger partial charge >= 0.3 is 0 Å². The van der Waals surface area contributed by atoms with Gasteiger partial charge in [0.25, 0.3) is 0 Å². The van der Waals surface area contributed by atoms with Crippen LogP contribution in [0.4, 0.5) is 0 Å². The van der Waals surface area contributed by atoms with Crippen molar-refractivity contribution in [1.29, 1.82) is 0 Å². The molecule has 0 atom stereocenters. The van der Waals surface area contributed by atoms with Gasteiger partial charge in [0.05, 0.1) is 0 Å². The maximum Gasteiger partial charge on any atom is 0.222 e. The third-order valence-electron chi connectivity index (χ3n) is 3.69. The molecule has 1 fully saturated rings. The molecule has 0 radical (unpaired) electrons.